The molecule has 1 aliphatic rings. The third-order valence-corrected chi connectivity index (χ3v) is 3.90. The van der Waals surface area contributed by atoms with Gasteiger partial charge in [0.05, 0.1) is 4.92 Å². The lowest BCUT2D eigenvalue weighted by molar-refractivity contribution is -0.383. The second kappa shape index (κ2) is 7.38. The molecule has 1 saturated heterocycles. The van der Waals surface area contributed by atoms with Gasteiger partial charge >= 0.3 is 0 Å². The Bertz CT molecular complexity index is 530. The predicted molar refractivity (Wildman–Crippen MR) is 81.6 cm³/mol. The Labute approximate surface area is 128 Å². The predicted octanol–water partition coefficient (Wildman–Crippen LogP) is 2.97. The summed E-state index contributed by atoms with van der Waals surface area (Å²) >= 11 is 5.82. The number of carbonyl (C=O) groups is 1. The molecule has 21 heavy (non-hydrogen) atoms. The van der Waals surface area contributed by atoms with E-state index in [0.29, 0.717) is 17.4 Å². The number of nitrogens with zero attached hydrogens (tertiary/aromatic N) is 1. The molecule has 1 heterocycles. The zero-order valence-electron chi connectivity index (χ0n) is 11.6. The number of nitro groups is 1. The molecule has 0 atom stereocenters. The monoisotopic (exact) mass is 311 g/mol. The molecule has 0 saturated carbocycles. The van der Waals surface area contributed by atoms with Crippen molar-refractivity contribution in [1.29, 1.82) is 0 Å². The summed E-state index contributed by atoms with van der Waals surface area (Å²) in [7, 11) is 0. The molecule has 1 aromatic carbocycles. The number of nitrogens with one attached hydrogen (secondary N) is 2. The number of rotatable bonds is 5. The molecule has 2 N–H and O–H groups in total. The zero-order valence-corrected chi connectivity index (χ0v) is 12.4. The number of carbonyl (C=O) groups excluding carboxylic acids is 1. The highest BCUT2D eigenvalue weighted by Gasteiger charge is 2.18. The number of benzene rings is 1. The van der Waals surface area contributed by atoms with E-state index in [1.807, 2.05) is 0 Å². The van der Waals surface area contributed by atoms with Crippen LogP contribution in [0.15, 0.2) is 18.2 Å². The van der Waals surface area contributed by atoms with Crippen LogP contribution in [0.5, 0.6) is 0 Å². The molecule has 1 fully saturated rings. The van der Waals surface area contributed by atoms with Gasteiger partial charge in [0.1, 0.15) is 5.69 Å². The molecule has 1 aliphatic heterocycles. The molecule has 0 radical (unpaired) electrons. The van der Waals surface area contributed by atoms with Crippen molar-refractivity contribution < 1.29 is 9.72 Å². The highest BCUT2D eigenvalue weighted by Crippen LogP contribution is 2.28. The molecule has 7 heteroatoms. The van der Waals surface area contributed by atoms with Crippen LogP contribution in [0.1, 0.15) is 25.7 Å². The number of anilines is 1. The Morgan fingerprint density at radius 3 is 2.81 bits per heavy atom. The van der Waals surface area contributed by atoms with Crippen molar-refractivity contribution in [1.82, 2.24) is 5.32 Å². The molecule has 0 aromatic heterocycles. The van der Waals surface area contributed by atoms with E-state index in [-0.39, 0.29) is 17.3 Å². The number of hydrogen-bond donors (Lipinski definition) is 2. The van der Waals surface area contributed by atoms with Crippen molar-refractivity contribution in [2.45, 2.75) is 25.7 Å². The topological polar surface area (TPSA) is 84.3 Å². The number of amides is 1. The summed E-state index contributed by atoms with van der Waals surface area (Å²) in [6.45, 7) is 1.98. The van der Waals surface area contributed by atoms with Crippen molar-refractivity contribution in [2.24, 2.45) is 5.92 Å². The fourth-order valence-electron chi connectivity index (χ4n) is 2.49. The van der Waals surface area contributed by atoms with Gasteiger partial charge in [0, 0.05) is 17.5 Å². The van der Waals surface area contributed by atoms with Gasteiger partial charge in [-0.2, -0.15) is 0 Å². The van der Waals surface area contributed by atoms with Crippen LogP contribution >= 0.6 is 11.6 Å². The van der Waals surface area contributed by atoms with Gasteiger partial charge in [0.15, 0.2) is 0 Å². The molecule has 1 aromatic rings. The Morgan fingerprint density at radius 1 is 1.43 bits per heavy atom. The maximum atomic E-state index is 11.9. The Kier molecular flexibility index (Phi) is 5.52. The normalized spacial score (nSPS) is 15.7. The molecular formula is C14H18ClN3O3. The quantitative estimate of drug-likeness (QED) is 0.646. The van der Waals surface area contributed by atoms with E-state index in [1.165, 1.54) is 18.2 Å². The smallest absolute Gasteiger partial charge is 0.292 e. The van der Waals surface area contributed by atoms with Crippen LogP contribution in [0.2, 0.25) is 5.02 Å². The third kappa shape index (κ3) is 4.68. The van der Waals surface area contributed by atoms with E-state index in [4.69, 9.17) is 11.6 Å². The van der Waals surface area contributed by atoms with E-state index in [9.17, 15) is 14.9 Å². The molecule has 0 unspecified atom stereocenters. The Balaban J connectivity index is 1.92. The van der Waals surface area contributed by atoms with Crippen molar-refractivity contribution >= 4 is 28.9 Å². The minimum absolute atomic E-state index is 0.144. The van der Waals surface area contributed by atoms with Crippen LogP contribution in [-0.2, 0) is 4.79 Å². The fourth-order valence-corrected chi connectivity index (χ4v) is 2.66. The maximum Gasteiger partial charge on any atom is 0.292 e. The van der Waals surface area contributed by atoms with Crippen LogP contribution in [-0.4, -0.2) is 23.9 Å². The average molecular weight is 312 g/mol. The zero-order chi connectivity index (χ0) is 15.2. The minimum Gasteiger partial charge on any atom is -0.320 e. The van der Waals surface area contributed by atoms with Crippen molar-refractivity contribution in [3.8, 4) is 0 Å². The molecule has 0 aliphatic carbocycles. The SMILES string of the molecule is O=C(CCC1CCNCC1)Nc1cc(Cl)ccc1[N+](=O)[O-]. The Hall–Kier alpha value is -1.66. The van der Waals surface area contributed by atoms with Gasteiger partial charge < -0.3 is 10.6 Å². The van der Waals surface area contributed by atoms with Crippen LogP contribution in [0.4, 0.5) is 11.4 Å². The van der Waals surface area contributed by atoms with E-state index >= 15 is 0 Å². The van der Waals surface area contributed by atoms with E-state index in [0.717, 1.165) is 32.4 Å². The largest absolute Gasteiger partial charge is 0.320 e. The van der Waals surface area contributed by atoms with Crippen molar-refractivity contribution in [3.05, 3.63) is 33.3 Å². The van der Waals surface area contributed by atoms with Crippen LogP contribution < -0.4 is 10.6 Å². The molecule has 2 rings (SSSR count). The first-order chi connectivity index (χ1) is 10.1. The average Bonchev–Trinajstić information content (AvgIpc) is 2.46. The van der Waals surface area contributed by atoms with E-state index in [2.05, 4.69) is 10.6 Å². The lowest BCUT2D eigenvalue weighted by atomic mass is 9.93. The van der Waals surface area contributed by atoms with E-state index < -0.39 is 4.92 Å². The number of hydrogen-bond acceptors (Lipinski definition) is 4. The van der Waals surface area contributed by atoms with Gasteiger partial charge in [-0.15, -0.1) is 0 Å². The third-order valence-electron chi connectivity index (χ3n) is 3.67. The number of nitro benzene ring substituents is 1. The minimum atomic E-state index is -0.529. The van der Waals surface area contributed by atoms with Crippen molar-refractivity contribution in [3.63, 3.8) is 0 Å². The van der Waals surface area contributed by atoms with Gasteiger partial charge in [-0.05, 0) is 50.4 Å². The van der Waals surface area contributed by atoms with Crippen LogP contribution in [0.25, 0.3) is 0 Å². The summed E-state index contributed by atoms with van der Waals surface area (Å²) in [6, 6.07) is 4.14. The van der Waals surface area contributed by atoms with Gasteiger partial charge in [-0.1, -0.05) is 11.6 Å². The molecule has 0 spiro atoms. The highest BCUT2D eigenvalue weighted by atomic mass is 35.5. The number of piperidine rings is 1. The van der Waals surface area contributed by atoms with Gasteiger partial charge in [0.25, 0.3) is 5.69 Å². The van der Waals surface area contributed by atoms with Crippen molar-refractivity contribution in [2.75, 3.05) is 18.4 Å². The molecule has 114 valence electrons. The lowest BCUT2D eigenvalue weighted by Crippen LogP contribution is -2.28. The number of halogens is 1. The molecule has 6 nitrogen and oxygen atoms in total. The molecule has 1 amide bonds. The highest BCUT2D eigenvalue weighted by molar-refractivity contribution is 6.31. The maximum absolute atomic E-state index is 11.9. The first kappa shape index (κ1) is 15.7. The molecule has 0 bridgehead atoms. The van der Waals surface area contributed by atoms with Gasteiger partial charge in [-0.3, -0.25) is 14.9 Å². The second-order valence-electron chi connectivity index (χ2n) is 5.20. The first-order valence-corrected chi connectivity index (χ1v) is 7.38. The summed E-state index contributed by atoms with van der Waals surface area (Å²) in [6.07, 6.45) is 3.32. The first-order valence-electron chi connectivity index (χ1n) is 7.01. The van der Waals surface area contributed by atoms with Gasteiger partial charge in [0.2, 0.25) is 5.91 Å². The molecular weight excluding hydrogens is 294 g/mol. The fraction of sp³-hybridized carbons (Fsp3) is 0.500. The van der Waals surface area contributed by atoms with Gasteiger partial charge in [-0.25, -0.2) is 0 Å². The van der Waals surface area contributed by atoms with Crippen LogP contribution in [0, 0.1) is 16.0 Å². The summed E-state index contributed by atoms with van der Waals surface area (Å²) in [4.78, 5) is 22.3. The summed E-state index contributed by atoms with van der Waals surface area (Å²) < 4.78 is 0. The Morgan fingerprint density at radius 2 is 2.14 bits per heavy atom. The van der Waals surface area contributed by atoms with Crippen LogP contribution in [0.3, 0.4) is 0 Å². The second-order valence-corrected chi connectivity index (χ2v) is 5.64. The van der Waals surface area contributed by atoms with E-state index in [1.54, 1.807) is 0 Å². The summed E-state index contributed by atoms with van der Waals surface area (Å²) in [5.74, 6) is 0.338. The summed E-state index contributed by atoms with van der Waals surface area (Å²) in [5, 5.41) is 17.1. The lowest BCUT2D eigenvalue weighted by Gasteiger charge is -2.22. The standard InChI is InChI=1S/C14H18ClN3O3/c15-11-2-3-13(18(20)21)12(9-11)17-14(19)4-1-10-5-7-16-8-6-10/h2-3,9-10,16H,1,4-8H2,(H,17,19). The summed E-state index contributed by atoms with van der Waals surface area (Å²) in [5.41, 5.74) is 0.0115.